The number of benzene rings is 3. The van der Waals surface area contributed by atoms with Gasteiger partial charge in [0.1, 0.15) is 23.9 Å². The number of imidazole rings is 1. The van der Waals surface area contributed by atoms with E-state index >= 15 is 0 Å². The molecule has 0 unspecified atom stereocenters. The maximum atomic E-state index is 12.3. The second kappa shape index (κ2) is 9.22. The molecule has 1 aromatic heterocycles. The number of para-hydroxylation sites is 2. The van der Waals surface area contributed by atoms with Gasteiger partial charge in [0, 0.05) is 0 Å². The van der Waals surface area contributed by atoms with Gasteiger partial charge in [-0.3, -0.25) is 4.79 Å². The van der Waals surface area contributed by atoms with Gasteiger partial charge in [-0.1, -0.05) is 24.3 Å². The molecule has 0 spiro atoms. The Labute approximate surface area is 194 Å². The minimum atomic E-state index is -0.169. The number of aliphatic imine (C=N–C) groups is 1. The van der Waals surface area contributed by atoms with Crippen LogP contribution in [0.1, 0.15) is 11.4 Å². The zero-order valence-corrected chi connectivity index (χ0v) is 18.6. The minimum absolute atomic E-state index is 0.169. The van der Waals surface area contributed by atoms with Crippen molar-refractivity contribution in [1.29, 1.82) is 0 Å². The SMILES string of the molecule is COc1ccc(N=C2NC(=O)/C(=C/c3ccc(OCc4nc5ccccc5[nH]4)cc3)S2)cc1. The number of hydrogen-bond donors (Lipinski definition) is 2. The van der Waals surface area contributed by atoms with Crippen molar-refractivity contribution in [3.8, 4) is 11.5 Å². The predicted molar refractivity (Wildman–Crippen MR) is 131 cm³/mol. The summed E-state index contributed by atoms with van der Waals surface area (Å²) < 4.78 is 11.0. The first-order valence-corrected chi connectivity index (χ1v) is 11.1. The minimum Gasteiger partial charge on any atom is -0.497 e. The Hall–Kier alpha value is -4.04. The van der Waals surface area contributed by atoms with Crippen LogP contribution in [0.4, 0.5) is 5.69 Å². The van der Waals surface area contributed by atoms with Crippen molar-refractivity contribution in [2.75, 3.05) is 7.11 Å². The molecule has 1 fully saturated rings. The highest BCUT2D eigenvalue weighted by Crippen LogP contribution is 2.29. The Bertz CT molecular complexity index is 1330. The summed E-state index contributed by atoms with van der Waals surface area (Å²) in [6, 6.07) is 22.8. The van der Waals surface area contributed by atoms with Crippen LogP contribution in [-0.2, 0) is 11.4 Å². The van der Waals surface area contributed by atoms with Crippen molar-refractivity contribution in [1.82, 2.24) is 15.3 Å². The van der Waals surface area contributed by atoms with Crippen molar-refractivity contribution in [3.63, 3.8) is 0 Å². The molecule has 1 amide bonds. The molecule has 2 N–H and O–H groups in total. The standard InChI is InChI=1S/C25H20N4O3S/c1-31-18-12-8-17(9-13-18)26-25-29-24(30)22(33-25)14-16-6-10-19(11-7-16)32-15-23-27-20-4-2-3-5-21(20)28-23/h2-14H,15H2,1H3,(H,27,28)(H,26,29,30)/b22-14-. The molecule has 7 nitrogen and oxygen atoms in total. The lowest BCUT2D eigenvalue weighted by Crippen LogP contribution is -2.19. The molecule has 0 bridgehead atoms. The number of amidine groups is 1. The van der Waals surface area contributed by atoms with E-state index in [9.17, 15) is 4.79 Å². The number of ether oxygens (including phenoxy) is 2. The molecule has 2 heterocycles. The number of hydrogen-bond acceptors (Lipinski definition) is 6. The molecular weight excluding hydrogens is 436 g/mol. The van der Waals surface area contributed by atoms with Gasteiger partial charge in [-0.2, -0.15) is 0 Å². The number of nitrogens with zero attached hydrogens (tertiary/aromatic N) is 2. The van der Waals surface area contributed by atoms with Crippen LogP contribution in [0.2, 0.25) is 0 Å². The van der Waals surface area contributed by atoms with E-state index < -0.39 is 0 Å². The fourth-order valence-electron chi connectivity index (χ4n) is 3.29. The number of aromatic nitrogens is 2. The van der Waals surface area contributed by atoms with E-state index in [-0.39, 0.29) is 5.91 Å². The number of thioether (sulfide) groups is 1. The molecule has 0 saturated carbocycles. The van der Waals surface area contributed by atoms with Crippen molar-refractivity contribution in [2.24, 2.45) is 4.99 Å². The van der Waals surface area contributed by atoms with Crippen molar-refractivity contribution in [3.05, 3.63) is 89.1 Å². The number of methoxy groups -OCH3 is 1. The summed E-state index contributed by atoms with van der Waals surface area (Å²) in [4.78, 5) is 25.2. The van der Waals surface area contributed by atoms with E-state index in [0.29, 0.717) is 16.7 Å². The third kappa shape index (κ3) is 4.91. The first-order chi connectivity index (χ1) is 16.2. The Morgan fingerprint density at radius 3 is 2.52 bits per heavy atom. The van der Waals surface area contributed by atoms with Crippen molar-refractivity contribution < 1.29 is 14.3 Å². The van der Waals surface area contributed by atoms with Gasteiger partial charge in [0.15, 0.2) is 5.17 Å². The molecule has 1 aliphatic rings. The number of carbonyl (C=O) groups excluding carboxylic acids is 1. The summed E-state index contributed by atoms with van der Waals surface area (Å²) in [6.07, 6.45) is 1.83. The lowest BCUT2D eigenvalue weighted by Gasteiger charge is -2.04. The maximum absolute atomic E-state index is 12.3. The summed E-state index contributed by atoms with van der Waals surface area (Å²) in [5.41, 5.74) is 3.54. The number of H-pyrrole nitrogens is 1. The summed E-state index contributed by atoms with van der Waals surface area (Å²) in [6.45, 7) is 0.346. The second-order valence-corrected chi connectivity index (χ2v) is 8.27. The molecular formula is C25H20N4O3S. The molecule has 1 saturated heterocycles. The van der Waals surface area contributed by atoms with E-state index in [0.717, 1.165) is 39.6 Å². The van der Waals surface area contributed by atoms with Gasteiger partial charge in [0.05, 0.1) is 28.7 Å². The van der Waals surface area contributed by atoms with Crippen LogP contribution >= 0.6 is 11.8 Å². The van der Waals surface area contributed by atoms with Gasteiger partial charge >= 0.3 is 0 Å². The third-order valence-electron chi connectivity index (χ3n) is 4.95. The molecule has 33 heavy (non-hydrogen) atoms. The fourth-order valence-corrected chi connectivity index (χ4v) is 4.13. The fraction of sp³-hybridized carbons (Fsp3) is 0.0800. The Morgan fingerprint density at radius 2 is 1.76 bits per heavy atom. The van der Waals surface area contributed by atoms with Crippen LogP contribution in [-0.4, -0.2) is 28.2 Å². The number of rotatable bonds is 6. The van der Waals surface area contributed by atoms with Gasteiger partial charge < -0.3 is 19.8 Å². The van der Waals surface area contributed by atoms with Crippen LogP contribution in [0.25, 0.3) is 17.1 Å². The Balaban J connectivity index is 1.22. The van der Waals surface area contributed by atoms with E-state index in [1.807, 2.05) is 78.9 Å². The van der Waals surface area contributed by atoms with Crippen LogP contribution < -0.4 is 14.8 Å². The number of nitrogens with one attached hydrogen (secondary N) is 2. The van der Waals surface area contributed by atoms with E-state index in [4.69, 9.17) is 9.47 Å². The van der Waals surface area contributed by atoms with Gasteiger partial charge in [-0.25, -0.2) is 9.98 Å². The highest BCUT2D eigenvalue weighted by molar-refractivity contribution is 8.18. The van der Waals surface area contributed by atoms with E-state index in [2.05, 4.69) is 20.3 Å². The summed E-state index contributed by atoms with van der Waals surface area (Å²) in [5, 5.41) is 3.35. The summed E-state index contributed by atoms with van der Waals surface area (Å²) >= 11 is 1.31. The molecule has 8 heteroatoms. The molecule has 0 aliphatic carbocycles. The lowest BCUT2D eigenvalue weighted by molar-refractivity contribution is -0.115. The Morgan fingerprint density at radius 1 is 1.00 bits per heavy atom. The summed E-state index contributed by atoms with van der Waals surface area (Å²) in [5.74, 6) is 2.08. The topological polar surface area (TPSA) is 88.6 Å². The molecule has 0 atom stereocenters. The molecule has 164 valence electrons. The number of amides is 1. The molecule has 1 aliphatic heterocycles. The normalized spacial score (nSPS) is 15.8. The second-order valence-electron chi connectivity index (χ2n) is 7.24. The molecule has 3 aromatic carbocycles. The van der Waals surface area contributed by atoms with Crippen molar-refractivity contribution in [2.45, 2.75) is 6.61 Å². The monoisotopic (exact) mass is 456 g/mol. The molecule has 0 radical (unpaired) electrons. The molecule has 5 rings (SSSR count). The highest BCUT2D eigenvalue weighted by atomic mass is 32.2. The quantitative estimate of drug-likeness (QED) is 0.397. The van der Waals surface area contributed by atoms with Gasteiger partial charge in [-0.15, -0.1) is 0 Å². The average molecular weight is 457 g/mol. The van der Waals surface area contributed by atoms with E-state index in [1.165, 1.54) is 11.8 Å². The smallest absolute Gasteiger partial charge is 0.264 e. The average Bonchev–Trinajstić information content (AvgIpc) is 3.41. The van der Waals surface area contributed by atoms with E-state index in [1.54, 1.807) is 7.11 Å². The third-order valence-corrected chi connectivity index (χ3v) is 5.86. The van der Waals surface area contributed by atoms with Crippen LogP contribution in [0, 0.1) is 0 Å². The van der Waals surface area contributed by atoms with Crippen molar-refractivity contribution >= 4 is 45.6 Å². The Kier molecular flexibility index (Phi) is 5.82. The number of carbonyl (C=O) groups is 1. The highest BCUT2D eigenvalue weighted by Gasteiger charge is 2.23. The van der Waals surface area contributed by atoms with Crippen LogP contribution in [0.3, 0.4) is 0 Å². The zero-order valence-electron chi connectivity index (χ0n) is 17.7. The first-order valence-electron chi connectivity index (χ1n) is 10.3. The van der Waals surface area contributed by atoms with Gasteiger partial charge in [0.25, 0.3) is 5.91 Å². The predicted octanol–water partition coefficient (Wildman–Crippen LogP) is 5.04. The maximum Gasteiger partial charge on any atom is 0.264 e. The molecule has 4 aromatic rings. The van der Waals surface area contributed by atoms with Gasteiger partial charge in [-0.05, 0) is 71.9 Å². The summed E-state index contributed by atoms with van der Waals surface area (Å²) in [7, 11) is 1.62. The van der Waals surface area contributed by atoms with Crippen LogP contribution in [0.15, 0.2) is 82.7 Å². The number of fused-ring (bicyclic) bond motifs is 1. The lowest BCUT2D eigenvalue weighted by atomic mass is 10.2. The van der Waals surface area contributed by atoms with Crippen LogP contribution in [0.5, 0.6) is 11.5 Å². The first kappa shape index (κ1) is 20.8. The van der Waals surface area contributed by atoms with Gasteiger partial charge in [0.2, 0.25) is 0 Å². The largest absolute Gasteiger partial charge is 0.497 e. The zero-order chi connectivity index (χ0) is 22.6. The number of aromatic amines is 1.